The zero-order valence-corrected chi connectivity index (χ0v) is 26.2. The molecule has 11 heteroatoms. The molecule has 1 saturated carbocycles. The molecular formula is C36H36F3N5O3. The molecule has 4 fully saturated rings. The maximum atomic E-state index is 16.9. The average molecular weight is 644 g/mol. The van der Waals surface area contributed by atoms with Gasteiger partial charge < -0.3 is 19.5 Å². The second kappa shape index (κ2) is 11.2. The second-order valence-corrected chi connectivity index (χ2v) is 14.0. The molecule has 3 aliphatic heterocycles. The molecule has 2 unspecified atom stereocenters. The Balaban J connectivity index is 1.28. The van der Waals surface area contributed by atoms with Crippen molar-refractivity contribution in [2.24, 2.45) is 11.3 Å². The van der Waals surface area contributed by atoms with Gasteiger partial charge in [0, 0.05) is 55.7 Å². The van der Waals surface area contributed by atoms with Crippen LogP contribution in [0.25, 0.3) is 32.9 Å². The Bertz CT molecular complexity index is 1950. The number of phenolic OH excluding ortho intramolecular Hbond substituents is 1. The highest BCUT2D eigenvalue weighted by molar-refractivity contribution is 6.03. The normalized spacial score (nSPS) is 27.1. The fourth-order valence-electron chi connectivity index (χ4n) is 8.97. The van der Waals surface area contributed by atoms with E-state index in [1.807, 2.05) is 0 Å². The number of phenols is 1. The molecule has 1 aliphatic carbocycles. The largest absolute Gasteiger partial charge is 0.508 e. The molecule has 0 radical (unpaired) electrons. The Hall–Kier alpha value is -4.14. The molecule has 8 nitrogen and oxygen atoms in total. The van der Waals surface area contributed by atoms with Crippen LogP contribution in [0.5, 0.6) is 11.8 Å². The van der Waals surface area contributed by atoms with Gasteiger partial charge in [0.25, 0.3) is 0 Å². The zero-order valence-electron chi connectivity index (χ0n) is 26.2. The third-order valence-electron chi connectivity index (χ3n) is 10.9. The van der Waals surface area contributed by atoms with Crippen LogP contribution in [-0.2, 0) is 4.74 Å². The Labute approximate surface area is 270 Å². The van der Waals surface area contributed by atoms with Crippen LogP contribution in [0.4, 0.5) is 19.0 Å². The SMILES string of the molecule is C#Cc1c(F)ccc2cc(O)cc(-c3ncc4c(N5CC6CCC(COC)(C6)C5)nc(OC[C@@]56CCCN5C[C@H](F)C6)nc4c3F)c12. The van der Waals surface area contributed by atoms with Crippen molar-refractivity contribution in [3.8, 4) is 35.4 Å². The molecule has 8 rings (SSSR count). The fourth-order valence-corrected chi connectivity index (χ4v) is 8.97. The number of hydrogen-bond acceptors (Lipinski definition) is 8. The van der Waals surface area contributed by atoms with Crippen molar-refractivity contribution in [3.63, 3.8) is 0 Å². The van der Waals surface area contributed by atoms with Crippen LogP contribution in [-0.4, -0.2) is 83.2 Å². The van der Waals surface area contributed by atoms with Crippen LogP contribution in [0, 0.1) is 35.3 Å². The van der Waals surface area contributed by atoms with Gasteiger partial charge in [0.1, 0.15) is 41.4 Å². The smallest absolute Gasteiger partial charge is 0.319 e. The van der Waals surface area contributed by atoms with E-state index in [2.05, 4.69) is 25.7 Å². The van der Waals surface area contributed by atoms with Gasteiger partial charge in [0.15, 0.2) is 5.82 Å². The van der Waals surface area contributed by atoms with Gasteiger partial charge in [-0.2, -0.15) is 9.97 Å². The van der Waals surface area contributed by atoms with Crippen molar-refractivity contribution >= 4 is 27.5 Å². The van der Waals surface area contributed by atoms with Crippen LogP contribution in [0.2, 0.25) is 0 Å². The molecule has 0 amide bonds. The van der Waals surface area contributed by atoms with Crippen LogP contribution < -0.4 is 9.64 Å². The number of halogens is 3. The number of piperidine rings is 1. The number of fused-ring (bicyclic) bond motifs is 5. The molecule has 4 atom stereocenters. The Kier molecular flexibility index (Phi) is 7.22. The molecule has 4 aromatic rings. The van der Waals surface area contributed by atoms with E-state index in [1.54, 1.807) is 7.11 Å². The maximum Gasteiger partial charge on any atom is 0.319 e. The van der Waals surface area contributed by atoms with Gasteiger partial charge in [-0.3, -0.25) is 9.88 Å². The van der Waals surface area contributed by atoms with E-state index in [-0.39, 0.29) is 51.5 Å². The minimum Gasteiger partial charge on any atom is -0.508 e. The number of hydrogen-bond donors (Lipinski definition) is 1. The van der Waals surface area contributed by atoms with Crippen molar-refractivity contribution < 1.29 is 27.8 Å². The third kappa shape index (κ3) is 4.95. The molecule has 5 heterocycles. The first-order valence-corrected chi connectivity index (χ1v) is 16.3. The lowest BCUT2D eigenvalue weighted by Crippen LogP contribution is -2.45. The minimum atomic E-state index is -0.922. The molecule has 2 aromatic carbocycles. The molecule has 2 aromatic heterocycles. The molecule has 4 aliphatic rings. The van der Waals surface area contributed by atoms with Crippen molar-refractivity contribution in [3.05, 3.63) is 47.7 Å². The number of benzene rings is 2. The Morgan fingerprint density at radius 3 is 2.83 bits per heavy atom. The first kappa shape index (κ1) is 30.2. The highest BCUT2D eigenvalue weighted by Gasteiger charge is 2.50. The van der Waals surface area contributed by atoms with Gasteiger partial charge in [0.05, 0.1) is 23.1 Å². The summed E-state index contributed by atoms with van der Waals surface area (Å²) >= 11 is 0. The van der Waals surface area contributed by atoms with E-state index in [9.17, 15) is 13.9 Å². The number of rotatable bonds is 7. The highest BCUT2D eigenvalue weighted by Crippen LogP contribution is 2.49. The molecule has 244 valence electrons. The summed E-state index contributed by atoms with van der Waals surface area (Å²) in [5.41, 5.74) is -0.544. The summed E-state index contributed by atoms with van der Waals surface area (Å²) in [4.78, 5) is 18.3. The number of nitrogens with zero attached hydrogens (tertiary/aromatic N) is 5. The van der Waals surface area contributed by atoms with E-state index in [0.29, 0.717) is 48.6 Å². The predicted octanol–water partition coefficient (Wildman–Crippen LogP) is 6.02. The molecule has 1 N–H and O–H groups in total. The highest BCUT2D eigenvalue weighted by atomic mass is 19.1. The van der Waals surface area contributed by atoms with Gasteiger partial charge in [-0.25, -0.2) is 13.2 Å². The lowest BCUT2D eigenvalue weighted by atomic mass is 9.82. The van der Waals surface area contributed by atoms with Gasteiger partial charge in [-0.1, -0.05) is 12.0 Å². The Morgan fingerprint density at radius 2 is 2.00 bits per heavy atom. The summed E-state index contributed by atoms with van der Waals surface area (Å²) in [6.07, 6.45) is 11.6. The number of ether oxygens (including phenoxy) is 2. The molecule has 3 saturated heterocycles. The number of anilines is 1. The van der Waals surface area contributed by atoms with Gasteiger partial charge in [-0.05, 0) is 68.2 Å². The monoisotopic (exact) mass is 643 g/mol. The lowest BCUT2D eigenvalue weighted by molar-refractivity contribution is 0.0773. The number of alkyl halides is 1. The van der Waals surface area contributed by atoms with Crippen LogP contribution in [0.3, 0.4) is 0 Å². The van der Waals surface area contributed by atoms with E-state index in [0.717, 1.165) is 45.2 Å². The molecular weight excluding hydrogens is 607 g/mol. The van der Waals surface area contributed by atoms with Crippen molar-refractivity contribution in [2.75, 3.05) is 51.4 Å². The molecule has 2 bridgehead atoms. The standard InChI is InChI=1S/C36H36F3N5O3/c1-3-25-28(38)6-5-22-11-24(45)12-26(29(22)25)31-30(39)32-27(15-40-31)33(43-16-21-7-9-35(13-21,18-43)19-46-2)42-34(41-32)47-20-36-8-4-10-44(36)17-23(37)14-36/h1,5-6,11-12,15,21,23,45H,4,7-10,13-14,16-20H2,2H3/t21?,23-,35?,36+/m1/s1. The average Bonchev–Trinajstić information content (AvgIpc) is 3.68. The maximum absolute atomic E-state index is 16.9. The number of methoxy groups -OCH3 is 1. The summed E-state index contributed by atoms with van der Waals surface area (Å²) in [7, 11) is 1.72. The van der Waals surface area contributed by atoms with Gasteiger partial charge in [0.2, 0.25) is 0 Å². The number of terminal acetylenes is 1. The minimum absolute atomic E-state index is 0.00178. The first-order valence-electron chi connectivity index (χ1n) is 16.3. The molecule has 0 spiro atoms. The topological polar surface area (TPSA) is 83.8 Å². The predicted molar refractivity (Wildman–Crippen MR) is 172 cm³/mol. The number of aromatic hydroxyl groups is 1. The van der Waals surface area contributed by atoms with Crippen molar-refractivity contribution in [1.82, 2.24) is 19.9 Å². The number of pyridine rings is 1. The summed E-state index contributed by atoms with van der Waals surface area (Å²) in [5, 5.41) is 11.7. The number of aromatic nitrogens is 3. The lowest BCUT2D eigenvalue weighted by Gasteiger charge is -2.41. The zero-order chi connectivity index (χ0) is 32.5. The van der Waals surface area contributed by atoms with Crippen molar-refractivity contribution in [1.29, 1.82) is 0 Å². The first-order chi connectivity index (χ1) is 22.7. The van der Waals surface area contributed by atoms with Gasteiger partial charge in [-0.15, -0.1) is 6.42 Å². The second-order valence-electron chi connectivity index (χ2n) is 14.0. The van der Waals surface area contributed by atoms with Crippen LogP contribution in [0.1, 0.15) is 44.1 Å². The van der Waals surface area contributed by atoms with E-state index in [4.69, 9.17) is 20.9 Å². The van der Waals surface area contributed by atoms with Crippen LogP contribution in [0.15, 0.2) is 30.5 Å². The summed E-state index contributed by atoms with van der Waals surface area (Å²) in [5.74, 6) is 1.77. The van der Waals surface area contributed by atoms with E-state index in [1.165, 1.54) is 30.5 Å². The third-order valence-corrected chi connectivity index (χ3v) is 10.9. The van der Waals surface area contributed by atoms with E-state index < -0.39 is 23.3 Å². The fraction of sp³-hybridized carbons (Fsp3) is 0.472. The van der Waals surface area contributed by atoms with Crippen LogP contribution >= 0.6 is 0 Å². The van der Waals surface area contributed by atoms with Crippen molar-refractivity contribution in [2.45, 2.75) is 50.2 Å². The van der Waals surface area contributed by atoms with Gasteiger partial charge >= 0.3 is 6.01 Å². The van der Waals surface area contributed by atoms with E-state index >= 15 is 4.39 Å². The molecule has 47 heavy (non-hydrogen) atoms. The summed E-state index contributed by atoms with van der Waals surface area (Å²) in [6, 6.07) is 5.48. The quantitative estimate of drug-likeness (QED) is 0.245. The Morgan fingerprint density at radius 1 is 1.13 bits per heavy atom. The summed E-state index contributed by atoms with van der Waals surface area (Å²) < 4.78 is 58.2. The summed E-state index contributed by atoms with van der Waals surface area (Å²) in [6.45, 7) is 3.41.